The van der Waals surface area contributed by atoms with E-state index in [4.69, 9.17) is 5.11 Å². The van der Waals surface area contributed by atoms with Gasteiger partial charge in [0.15, 0.2) is 0 Å². The van der Waals surface area contributed by atoms with E-state index in [0.29, 0.717) is 12.1 Å². The van der Waals surface area contributed by atoms with Crippen LogP contribution in [0.5, 0.6) is 0 Å². The lowest BCUT2D eigenvalue weighted by molar-refractivity contribution is 0.233. The molecule has 7 heteroatoms. The predicted molar refractivity (Wildman–Crippen MR) is 75.7 cm³/mol. The van der Waals surface area contributed by atoms with Crippen LogP contribution in [-0.4, -0.2) is 44.6 Å². The van der Waals surface area contributed by atoms with Crippen molar-refractivity contribution in [1.82, 2.24) is 9.62 Å². The molecule has 0 unspecified atom stereocenters. The molecule has 0 spiro atoms. The lowest BCUT2D eigenvalue weighted by Crippen LogP contribution is -2.37. The molecule has 0 aliphatic carbocycles. The van der Waals surface area contributed by atoms with Crippen molar-refractivity contribution in [2.24, 2.45) is 0 Å². The number of sulfonamides is 1. The van der Waals surface area contributed by atoms with Crippen LogP contribution in [0.25, 0.3) is 0 Å². The minimum absolute atomic E-state index is 0.125. The maximum absolute atomic E-state index is 12.0. The third-order valence-corrected chi connectivity index (χ3v) is 6.20. The second kappa shape index (κ2) is 6.81. The van der Waals surface area contributed by atoms with E-state index in [1.54, 1.807) is 5.38 Å². The highest BCUT2D eigenvalue weighted by molar-refractivity contribution is 7.91. The molecule has 1 aromatic rings. The molecular weight excluding hydrogens is 284 g/mol. The maximum Gasteiger partial charge on any atom is 0.250 e. The normalized spacial score (nSPS) is 17.7. The number of piperidine rings is 1. The Balaban J connectivity index is 1.83. The summed E-state index contributed by atoms with van der Waals surface area (Å²) in [5, 5.41) is 10.6. The van der Waals surface area contributed by atoms with Gasteiger partial charge in [-0.05, 0) is 42.9 Å². The van der Waals surface area contributed by atoms with Crippen molar-refractivity contribution in [2.75, 3.05) is 26.2 Å². The SMILES string of the molecule is O=S(=O)(NCCN1CCCCC1)c1cc(CO)cs1. The van der Waals surface area contributed by atoms with Gasteiger partial charge in [0.1, 0.15) is 4.21 Å². The standard InChI is InChI=1S/C12H20N2O3S2/c15-9-11-8-12(18-10-11)19(16,17)13-4-7-14-5-2-1-3-6-14/h8,10,13,15H,1-7,9H2. The van der Waals surface area contributed by atoms with Crippen LogP contribution in [0.15, 0.2) is 15.7 Å². The van der Waals surface area contributed by atoms with Crippen LogP contribution in [0.4, 0.5) is 0 Å². The van der Waals surface area contributed by atoms with Crippen LogP contribution in [0.1, 0.15) is 24.8 Å². The molecule has 0 amide bonds. The van der Waals surface area contributed by atoms with Gasteiger partial charge in [0.05, 0.1) is 6.61 Å². The number of likely N-dealkylation sites (tertiary alicyclic amines) is 1. The summed E-state index contributed by atoms with van der Waals surface area (Å²) in [6.45, 7) is 3.21. The molecule has 0 radical (unpaired) electrons. The maximum atomic E-state index is 12.0. The van der Waals surface area contributed by atoms with Crippen molar-refractivity contribution in [3.63, 3.8) is 0 Å². The zero-order valence-corrected chi connectivity index (χ0v) is 12.5. The van der Waals surface area contributed by atoms with Gasteiger partial charge in [-0.2, -0.15) is 0 Å². The number of aliphatic hydroxyl groups is 1. The summed E-state index contributed by atoms with van der Waals surface area (Å²) in [5.41, 5.74) is 0.640. The molecule has 1 saturated heterocycles. The van der Waals surface area contributed by atoms with E-state index in [0.717, 1.165) is 31.0 Å². The Morgan fingerprint density at radius 3 is 2.68 bits per heavy atom. The fraction of sp³-hybridized carbons (Fsp3) is 0.667. The molecular formula is C12H20N2O3S2. The molecule has 0 saturated carbocycles. The molecule has 1 aromatic heterocycles. The fourth-order valence-corrected chi connectivity index (χ4v) is 4.44. The highest BCUT2D eigenvalue weighted by Crippen LogP contribution is 2.19. The van der Waals surface area contributed by atoms with E-state index in [1.165, 1.54) is 25.3 Å². The molecule has 5 nitrogen and oxygen atoms in total. The smallest absolute Gasteiger partial charge is 0.250 e. The monoisotopic (exact) mass is 304 g/mol. The largest absolute Gasteiger partial charge is 0.392 e. The van der Waals surface area contributed by atoms with Crippen molar-refractivity contribution >= 4 is 21.4 Å². The molecule has 2 rings (SSSR count). The van der Waals surface area contributed by atoms with Crippen molar-refractivity contribution in [3.05, 3.63) is 17.0 Å². The minimum atomic E-state index is -3.42. The van der Waals surface area contributed by atoms with Gasteiger partial charge in [-0.15, -0.1) is 11.3 Å². The second-order valence-corrected chi connectivity index (χ2v) is 7.64. The molecule has 2 N–H and O–H groups in total. The number of thiophene rings is 1. The van der Waals surface area contributed by atoms with Crippen LogP contribution in [-0.2, 0) is 16.6 Å². The van der Waals surface area contributed by atoms with Gasteiger partial charge in [0.2, 0.25) is 10.0 Å². The second-order valence-electron chi connectivity index (χ2n) is 4.73. The lowest BCUT2D eigenvalue weighted by atomic mass is 10.1. The van der Waals surface area contributed by atoms with Crippen molar-refractivity contribution < 1.29 is 13.5 Å². The van der Waals surface area contributed by atoms with Crippen molar-refractivity contribution in [1.29, 1.82) is 0 Å². The first-order chi connectivity index (χ1) is 9.12. The van der Waals surface area contributed by atoms with Gasteiger partial charge >= 0.3 is 0 Å². The molecule has 1 aliphatic rings. The predicted octanol–water partition coefficient (Wildman–Crippen LogP) is 1.00. The van der Waals surface area contributed by atoms with E-state index in [9.17, 15) is 8.42 Å². The summed E-state index contributed by atoms with van der Waals surface area (Å²) >= 11 is 1.14. The topological polar surface area (TPSA) is 69.6 Å². The van der Waals surface area contributed by atoms with Crippen molar-refractivity contribution in [2.45, 2.75) is 30.1 Å². The van der Waals surface area contributed by atoms with Crippen LogP contribution >= 0.6 is 11.3 Å². The average Bonchev–Trinajstić information content (AvgIpc) is 2.89. The third kappa shape index (κ3) is 4.25. The Kier molecular flexibility index (Phi) is 5.35. The Labute approximate surface area is 118 Å². The van der Waals surface area contributed by atoms with Crippen LogP contribution in [0.2, 0.25) is 0 Å². The van der Waals surface area contributed by atoms with E-state index in [-0.39, 0.29) is 10.8 Å². The summed E-state index contributed by atoms with van der Waals surface area (Å²) in [5.74, 6) is 0. The Morgan fingerprint density at radius 2 is 2.05 bits per heavy atom. The molecule has 1 fully saturated rings. The summed E-state index contributed by atoms with van der Waals surface area (Å²) < 4.78 is 26.9. The van der Waals surface area contributed by atoms with Crippen LogP contribution in [0, 0.1) is 0 Å². The number of rotatable bonds is 6. The Morgan fingerprint density at radius 1 is 1.32 bits per heavy atom. The first-order valence-corrected chi connectivity index (χ1v) is 8.88. The van der Waals surface area contributed by atoms with Gasteiger partial charge in [-0.1, -0.05) is 6.42 Å². The molecule has 0 bridgehead atoms. The number of aliphatic hydroxyl groups excluding tert-OH is 1. The molecule has 0 aromatic carbocycles. The highest BCUT2D eigenvalue weighted by atomic mass is 32.2. The third-order valence-electron chi connectivity index (χ3n) is 3.25. The van der Waals surface area contributed by atoms with E-state index in [2.05, 4.69) is 9.62 Å². The number of hydrogen-bond donors (Lipinski definition) is 2. The molecule has 2 heterocycles. The van der Waals surface area contributed by atoms with E-state index >= 15 is 0 Å². The van der Waals surface area contributed by atoms with Gasteiger partial charge in [-0.25, -0.2) is 13.1 Å². The molecule has 1 aliphatic heterocycles. The summed E-state index contributed by atoms with van der Waals surface area (Å²) in [7, 11) is -3.42. The van der Waals surface area contributed by atoms with E-state index < -0.39 is 10.0 Å². The van der Waals surface area contributed by atoms with Crippen LogP contribution < -0.4 is 4.72 Å². The summed E-state index contributed by atoms with van der Waals surface area (Å²) in [4.78, 5) is 2.29. The average molecular weight is 304 g/mol. The summed E-state index contributed by atoms with van der Waals surface area (Å²) in [6, 6.07) is 1.52. The van der Waals surface area contributed by atoms with Gasteiger partial charge in [0, 0.05) is 13.1 Å². The zero-order valence-electron chi connectivity index (χ0n) is 10.8. The molecule has 108 valence electrons. The van der Waals surface area contributed by atoms with E-state index in [1.807, 2.05) is 0 Å². The Hall–Kier alpha value is -0.470. The quantitative estimate of drug-likeness (QED) is 0.823. The zero-order chi connectivity index (χ0) is 13.7. The van der Waals surface area contributed by atoms with Gasteiger partial charge in [0.25, 0.3) is 0 Å². The van der Waals surface area contributed by atoms with Crippen LogP contribution in [0.3, 0.4) is 0 Å². The first kappa shape index (κ1) is 14.9. The lowest BCUT2D eigenvalue weighted by Gasteiger charge is -2.26. The van der Waals surface area contributed by atoms with Gasteiger partial charge in [-0.3, -0.25) is 0 Å². The molecule has 19 heavy (non-hydrogen) atoms. The summed E-state index contributed by atoms with van der Waals surface area (Å²) in [6.07, 6.45) is 3.69. The number of hydrogen-bond acceptors (Lipinski definition) is 5. The van der Waals surface area contributed by atoms with Gasteiger partial charge < -0.3 is 10.0 Å². The number of nitrogens with zero attached hydrogens (tertiary/aromatic N) is 1. The highest BCUT2D eigenvalue weighted by Gasteiger charge is 2.17. The molecule has 0 atom stereocenters. The number of nitrogens with one attached hydrogen (secondary N) is 1. The minimum Gasteiger partial charge on any atom is -0.392 e. The van der Waals surface area contributed by atoms with Crippen molar-refractivity contribution in [3.8, 4) is 0 Å². The first-order valence-electron chi connectivity index (χ1n) is 6.52. The Bertz CT molecular complexity index is 493. The fourth-order valence-electron chi connectivity index (χ4n) is 2.17.